The minimum atomic E-state index is 0.0556. The van der Waals surface area contributed by atoms with Crippen molar-refractivity contribution in [1.82, 2.24) is 10.2 Å². The van der Waals surface area contributed by atoms with E-state index in [4.69, 9.17) is 5.73 Å². The molecule has 1 aliphatic carbocycles. The van der Waals surface area contributed by atoms with Gasteiger partial charge in [-0.25, -0.2) is 0 Å². The Bertz CT molecular complexity index is 310. The zero-order chi connectivity index (χ0) is 13.7. The molecule has 0 aromatic heterocycles. The lowest BCUT2D eigenvalue weighted by Crippen LogP contribution is -2.38. The standard InChI is InChI=1S/C14H25N3O2/c15-12-5-4-11(10-12)14(19)16-7-6-13(18)17-8-2-1-3-9-17/h11-12H,1-10,15H2,(H,16,19). The Morgan fingerprint density at radius 3 is 2.53 bits per heavy atom. The molecule has 0 bridgehead atoms. The van der Waals surface area contributed by atoms with Crippen LogP contribution < -0.4 is 11.1 Å². The van der Waals surface area contributed by atoms with Gasteiger partial charge in [0.1, 0.15) is 0 Å². The summed E-state index contributed by atoms with van der Waals surface area (Å²) in [5.74, 6) is 0.294. The van der Waals surface area contributed by atoms with Gasteiger partial charge in [-0.15, -0.1) is 0 Å². The molecule has 2 unspecified atom stereocenters. The molecule has 2 rings (SSSR count). The van der Waals surface area contributed by atoms with Crippen molar-refractivity contribution >= 4 is 11.8 Å². The van der Waals surface area contributed by atoms with E-state index in [9.17, 15) is 9.59 Å². The number of carbonyl (C=O) groups excluding carboxylic acids is 2. The van der Waals surface area contributed by atoms with Crippen molar-refractivity contribution in [2.24, 2.45) is 11.7 Å². The molecule has 0 spiro atoms. The highest BCUT2D eigenvalue weighted by Gasteiger charge is 2.27. The fraction of sp³-hybridized carbons (Fsp3) is 0.857. The number of nitrogens with zero attached hydrogens (tertiary/aromatic N) is 1. The SMILES string of the molecule is NC1CCC(C(=O)NCCC(=O)N2CCCCC2)C1. The van der Waals surface area contributed by atoms with E-state index < -0.39 is 0 Å². The van der Waals surface area contributed by atoms with Gasteiger partial charge < -0.3 is 16.0 Å². The molecule has 1 saturated carbocycles. The summed E-state index contributed by atoms with van der Waals surface area (Å²) in [5.41, 5.74) is 5.80. The van der Waals surface area contributed by atoms with Crippen molar-refractivity contribution in [1.29, 1.82) is 0 Å². The molecule has 1 aliphatic heterocycles. The number of piperidine rings is 1. The van der Waals surface area contributed by atoms with Gasteiger partial charge in [0.15, 0.2) is 0 Å². The van der Waals surface area contributed by atoms with Crippen LogP contribution in [0.25, 0.3) is 0 Å². The Balaban J connectivity index is 1.62. The molecule has 2 amide bonds. The zero-order valence-corrected chi connectivity index (χ0v) is 11.6. The highest BCUT2D eigenvalue weighted by atomic mass is 16.2. The van der Waals surface area contributed by atoms with Gasteiger partial charge in [0.25, 0.3) is 0 Å². The number of nitrogens with one attached hydrogen (secondary N) is 1. The maximum Gasteiger partial charge on any atom is 0.224 e. The van der Waals surface area contributed by atoms with Gasteiger partial charge in [-0.05, 0) is 38.5 Å². The smallest absolute Gasteiger partial charge is 0.224 e. The van der Waals surface area contributed by atoms with Crippen LogP contribution in [0.1, 0.15) is 44.9 Å². The molecule has 1 heterocycles. The second-order valence-corrected chi connectivity index (χ2v) is 5.75. The van der Waals surface area contributed by atoms with Gasteiger partial charge in [-0.2, -0.15) is 0 Å². The lowest BCUT2D eigenvalue weighted by Gasteiger charge is -2.26. The fourth-order valence-electron chi connectivity index (χ4n) is 2.99. The topological polar surface area (TPSA) is 75.4 Å². The van der Waals surface area contributed by atoms with Crippen LogP contribution in [0.2, 0.25) is 0 Å². The van der Waals surface area contributed by atoms with Crippen LogP contribution in [0.3, 0.4) is 0 Å². The first kappa shape index (κ1) is 14.3. The molecule has 2 aliphatic rings. The monoisotopic (exact) mass is 267 g/mol. The van der Waals surface area contributed by atoms with E-state index in [0.717, 1.165) is 45.2 Å². The number of likely N-dealkylation sites (tertiary alicyclic amines) is 1. The van der Waals surface area contributed by atoms with Gasteiger partial charge in [0.05, 0.1) is 0 Å². The quantitative estimate of drug-likeness (QED) is 0.784. The third kappa shape index (κ3) is 4.20. The first-order valence-electron chi connectivity index (χ1n) is 7.48. The molecule has 3 N–H and O–H groups in total. The first-order chi connectivity index (χ1) is 9.16. The van der Waals surface area contributed by atoms with Gasteiger partial charge in [0.2, 0.25) is 11.8 Å². The number of hydrogen-bond donors (Lipinski definition) is 2. The van der Waals surface area contributed by atoms with Crippen LogP contribution in [0.5, 0.6) is 0 Å². The van der Waals surface area contributed by atoms with Gasteiger partial charge in [0, 0.05) is 38.0 Å². The number of carbonyl (C=O) groups is 2. The first-order valence-corrected chi connectivity index (χ1v) is 7.48. The maximum atomic E-state index is 11.9. The third-order valence-corrected chi connectivity index (χ3v) is 4.19. The molecular weight excluding hydrogens is 242 g/mol. The third-order valence-electron chi connectivity index (χ3n) is 4.19. The summed E-state index contributed by atoms with van der Waals surface area (Å²) in [6, 6.07) is 0.172. The van der Waals surface area contributed by atoms with Crippen LogP contribution in [-0.4, -0.2) is 42.4 Å². The molecule has 108 valence electrons. The average molecular weight is 267 g/mol. The van der Waals surface area contributed by atoms with Crippen LogP contribution >= 0.6 is 0 Å². The van der Waals surface area contributed by atoms with Crippen molar-refractivity contribution in [2.75, 3.05) is 19.6 Å². The Kier molecular flexibility index (Phi) is 5.19. The van der Waals surface area contributed by atoms with Gasteiger partial charge in [-0.3, -0.25) is 9.59 Å². The van der Waals surface area contributed by atoms with Crippen LogP contribution in [0.15, 0.2) is 0 Å². The van der Waals surface area contributed by atoms with E-state index in [0.29, 0.717) is 13.0 Å². The Labute approximate surface area is 114 Å². The summed E-state index contributed by atoms with van der Waals surface area (Å²) in [5, 5.41) is 2.87. The molecule has 5 nitrogen and oxygen atoms in total. The van der Waals surface area contributed by atoms with Crippen molar-refractivity contribution in [3.63, 3.8) is 0 Å². The molecular formula is C14H25N3O2. The Morgan fingerprint density at radius 2 is 1.89 bits per heavy atom. The Hall–Kier alpha value is -1.10. The van der Waals surface area contributed by atoms with Crippen molar-refractivity contribution in [2.45, 2.75) is 51.0 Å². The van der Waals surface area contributed by atoms with Crippen molar-refractivity contribution in [3.05, 3.63) is 0 Å². The van der Waals surface area contributed by atoms with E-state index in [2.05, 4.69) is 5.32 Å². The summed E-state index contributed by atoms with van der Waals surface area (Å²) in [6.45, 7) is 2.22. The number of rotatable bonds is 4. The number of hydrogen-bond acceptors (Lipinski definition) is 3. The molecule has 1 saturated heterocycles. The number of nitrogens with two attached hydrogens (primary N) is 1. The molecule has 2 fully saturated rings. The average Bonchev–Trinajstić information content (AvgIpc) is 2.86. The second-order valence-electron chi connectivity index (χ2n) is 5.75. The van der Waals surface area contributed by atoms with Crippen LogP contribution in [0.4, 0.5) is 0 Å². The van der Waals surface area contributed by atoms with E-state index >= 15 is 0 Å². The summed E-state index contributed by atoms with van der Waals surface area (Å²) < 4.78 is 0. The van der Waals surface area contributed by atoms with Crippen molar-refractivity contribution < 1.29 is 9.59 Å². The normalized spacial score (nSPS) is 27.3. The van der Waals surface area contributed by atoms with E-state index in [1.54, 1.807) is 0 Å². The van der Waals surface area contributed by atoms with Crippen molar-refractivity contribution in [3.8, 4) is 0 Å². The van der Waals surface area contributed by atoms with Crippen LogP contribution in [0, 0.1) is 5.92 Å². The highest BCUT2D eigenvalue weighted by molar-refractivity contribution is 5.80. The summed E-state index contributed by atoms with van der Waals surface area (Å²) in [4.78, 5) is 25.7. The zero-order valence-electron chi connectivity index (χ0n) is 11.6. The van der Waals surface area contributed by atoms with E-state index in [1.807, 2.05) is 4.90 Å². The second kappa shape index (κ2) is 6.89. The van der Waals surface area contributed by atoms with Gasteiger partial charge >= 0.3 is 0 Å². The van der Waals surface area contributed by atoms with E-state index in [1.165, 1.54) is 6.42 Å². The largest absolute Gasteiger partial charge is 0.355 e. The molecule has 0 radical (unpaired) electrons. The number of amides is 2. The lowest BCUT2D eigenvalue weighted by molar-refractivity contribution is -0.132. The molecule has 5 heteroatoms. The predicted octanol–water partition coefficient (Wildman–Crippen LogP) is 0.633. The summed E-state index contributed by atoms with van der Waals surface area (Å²) in [6.07, 6.45) is 6.47. The minimum Gasteiger partial charge on any atom is -0.355 e. The Morgan fingerprint density at radius 1 is 1.16 bits per heavy atom. The minimum absolute atomic E-state index is 0.0556. The highest BCUT2D eigenvalue weighted by Crippen LogP contribution is 2.23. The summed E-state index contributed by atoms with van der Waals surface area (Å²) >= 11 is 0. The molecule has 19 heavy (non-hydrogen) atoms. The lowest BCUT2D eigenvalue weighted by atomic mass is 10.1. The fourth-order valence-corrected chi connectivity index (χ4v) is 2.99. The van der Waals surface area contributed by atoms with Crippen LogP contribution in [-0.2, 0) is 9.59 Å². The predicted molar refractivity (Wildman–Crippen MR) is 73.4 cm³/mol. The summed E-state index contributed by atoms with van der Waals surface area (Å²) in [7, 11) is 0. The molecule has 2 atom stereocenters. The molecule has 0 aromatic rings. The molecule has 0 aromatic carbocycles. The maximum absolute atomic E-state index is 11.9. The van der Waals surface area contributed by atoms with Gasteiger partial charge in [-0.1, -0.05) is 0 Å². The van der Waals surface area contributed by atoms with E-state index in [-0.39, 0.29) is 23.8 Å².